The fraction of sp³-hybridized carbons (Fsp3) is 0.333. The lowest BCUT2D eigenvalue weighted by Crippen LogP contribution is -2.47. The molecule has 0 aliphatic rings. The average molecular weight is 301 g/mol. The van der Waals surface area contributed by atoms with Crippen molar-refractivity contribution in [3.8, 4) is 0 Å². The van der Waals surface area contributed by atoms with Crippen molar-refractivity contribution >= 4 is 11.7 Å². The zero-order valence-electron chi connectivity index (χ0n) is 12.8. The molecule has 1 amide bonds. The van der Waals surface area contributed by atoms with Crippen molar-refractivity contribution in [2.45, 2.75) is 19.3 Å². The number of carbonyl (C=O) groups is 1. The normalized spacial score (nSPS) is 13.7. The van der Waals surface area contributed by atoms with Crippen LogP contribution < -0.4 is 5.32 Å². The number of amides is 1. The number of benzene rings is 1. The van der Waals surface area contributed by atoms with E-state index in [4.69, 9.17) is 0 Å². The van der Waals surface area contributed by atoms with Gasteiger partial charge >= 0.3 is 0 Å². The molecule has 2 N–H and O–H groups in total. The van der Waals surface area contributed by atoms with E-state index in [9.17, 15) is 10.0 Å². The molecule has 0 aliphatic carbocycles. The lowest BCUT2D eigenvalue weighted by Gasteiger charge is -2.33. The topological polar surface area (TPSA) is 92.4 Å². The predicted octanol–water partition coefficient (Wildman–Crippen LogP) is 1.25. The number of aromatic nitrogens is 3. The molecule has 7 nitrogen and oxygen atoms in total. The molecule has 1 aromatic carbocycles. The van der Waals surface area contributed by atoms with Crippen molar-refractivity contribution in [3.05, 3.63) is 48.5 Å². The average Bonchev–Trinajstić information content (AvgIpc) is 3.06. The van der Waals surface area contributed by atoms with Gasteiger partial charge in [0.1, 0.15) is 18.6 Å². The maximum absolute atomic E-state index is 12.5. The van der Waals surface area contributed by atoms with Crippen LogP contribution in [0.15, 0.2) is 48.1 Å². The maximum atomic E-state index is 12.5. The third-order valence-corrected chi connectivity index (χ3v) is 3.76. The molecule has 0 saturated heterocycles. The van der Waals surface area contributed by atoms with E-state index in [1.807, 2.05) is 44.2 Å². The fourth-order valence-corrected chi connectivity index (χ4v) is 2.51. The molecule has 0 fully saturated rings. The van der Waals surface area contributed by atoms with Gasteiger partial charge in [0.2, 0.25) is 5.91 Å². The van der Waals surface area contributed by atoms with Gasteiger partial charge in [-0.1, -0.05) is 49.3 Å². The van der Waals surface area contributed by atoms with Gasteiger partial charge in [0.15, 0.2) is 5.84 Å². The van der Waals surface area contributed by atoms with Crippen LogP contribution in [0.2, 0.25) is 0 Å². The van der Waals surface area contributed by atoms with Gasteiger partial charge in [0.05, 0.1) is 0 Å². The quantitative estimate of drug-likeness (QED) is 0.385. The van der Waals surface area contributed by atoms with Crippen LogP contribution in [-0.4, -0.2) is 38.8 Å². The number of carbonyl (C=O) groups excluding carboxylic acids is 1. The molecule has 0 aliphatic heterocycles. The van der Waals surface area contributed by atoms with Crippen molar-refractivity contribution in [2.24, 2.45) is 11.1 Å². The minimum Gasteiger partial charge on any atom is -0.409 e. The summed E-state index contributed by atoms with van der Waals surface area (Å²) in [5.74, 6) is -0.894. The molecule has 1 atom stereocenters. The summed E-state index contributed by atoms with van der Waals surface area (Å²) < 4.78 is 1.30. The lowest BCUT2D eigenvalue weighted by molar-refractivity contribution is -0.124. The van der Waals surface area contributed by atoms with Crippen LogP contribution in [0.5, 0.6) is 0 Å². The molecule has 1 aromatic heterocycles. The molecule has 7 heteroatoms. The molecule has 116 valence electrons. The second-order valence-electron chi connectivity index (χ2n) is 5.43. The maximum Gasteiger partial charge on any atom is 0.231 e. The van der Waals surface area contributed by atoms with Crippen LogP contribution in [0.25, 0.3) is 0 Å². The van der Waals surface area contributed by atoms with Crippen molar-refractivity contribution in [1.29, 1.82) is 0 Å². The summed E-state index contributed by atoms with van der Waals surface area (Å²) in [5.41, 5.74) is 0.333. The molecular formula is C15H19N5O2. The number of rotatable bonds is 4. The van der Waals surface area contributed by atoms with E-state index in [0.29, 0.717) is 0 Å². The highest BCUT2D eigenvalue weighted by Gasteiger charge is 2.41. The molecule has 0 radical (unpaired) electrons. The Morgan fingerprint density at radius 2 is 2.05 bits per heavy atom. The molecule has 2 aromatic rings. The van der Waals surface area contributed by atoms with Crippen molar-refractivity contribution < 1.29 is 10.0 Å². The Bertz CT molecular complexity index is 650. The third-order valence-electron chi connectivity index (χ3n) is 3.76. The fourth-order valence-electron chi connectivity index (χ4n) is 2.51. The zero-order valence-corrected chi connectivity index (χ0v) is 12.8. The molecule has 2 rings (SSSR count). The Labute approximate surface area is 128 Å². The van der Waals surface area contributed by atoms with E-state index in [1.54, 1.807) is 7.05 Å². The Morgan fingerprint density at radius 1 is 1.36 bits per heavy atom. The summed E-state index contributed by atoms with van der Waals surface area (Å²) >= 11 is 0. The number of hydrogen-bond acceptors (Lipinski definition) is 5. The van der Waals surface area contributed by atoms with Gasteiger partial charge in [-0.3, -0.25) is 4.79 Å². The molecular weight excluding hydrogens is 282 g/mol. The number of hydrogen-bond donors (Lipinski definition) is 2. The Balaban J connectivity index is 2.53. The summed E-state index contributed by atoms with van der Waals surface area (Å²) in [6, 6.07) is 9.60. The van der Waals surface area contributed by atoms with Gasteiger partial charge in [-0.15, -0.1) is 0 Å². The summed E-state index contributed by atoms with van der Waals surface area (Å²) in [4.78, 5) is 16.3. The Morgan fingerprint density at radius 3 is 2.55 bits per heavy atom. The zero-order chi connectivity index (χ0) is 16.2. The second-order valence-corrected chi connectivity index (χ2v) is 5.43. The highest BCUT2D eigenvalue weighted by atomic mass is 16.4. The van der Waals surface area contributed by atoms with E-state index in [0.717, 1.165) is 5.56 Å². The predicted molar refractivity (Wildman–Crippen MR) is 81.7 cm³/mol. The third kappa shape index (κ3) is 2.83. The molecule has 1 unspecified atom stereocenters. The van der Waals surface area contributed by atoms with Crippen LogP contribution in [0.4, 0.5) is 0 Å². The first kappa shape index (κ1) is 15.7. The van der Waals surface area contributed by atoms with Crippen LogP contribution in [0, 0.1) is 5.92 Å². The van der Waals surface area contributed by atoms with Crippen molar-refractivity contribution in [1.82, 2.24) is 20.1 Å². The summed E-state index contributed by atoms with van der Waals surface area (Å²) in [7, 11) is 1.55. The largest absolute Gasteiger partial charge is 0.409 e. The number of oxime groups is 1. The first-order chi connectivity index (χ1) is 10.5. The van der Waals surface area contributed by atoms with Crippen LogP contribution in [0.1, 0.15) is 19.4 Å². The van der Waals surface area contributed by atoms with E-state index >= 15 is 0 Å². The summed E-state index contributed by atoms with van der Waals surface area (Å²) in [6.07, 6.45) is 2.72. The molecule has 0 bridgehead atoms. The standard InChI is InChI=1S/C15H19N5O2/c1-15(2,11-7-5-4-6-8-11)12(14(21)16-3)13(19-22)20-10-17-9-18-20/h4-10,12,22H,1-3H3,(H,16,21). The molecule has 0 saturated carbocycles. The Hall–Kier alpha value is -2.70. The van der Waals surface area contributed by atoms with Crippen molar-refractivity contribution in [3.63, 3.8) is 0 Å². The minimum absolute atomic E-state index is 0.116. The number of nitrogens with one attached hydrogen (secondary N) is 1. The highest BCUT2D eigenvalue weighted by molar-refractivity contribution is 6.04. The van der Waals surface area contributed by atoms with Crippen LogP contribution >= 0.6 is 0 Å². The van der Waals surface area contributed by atoms with Gasteiger partial charge in [-0.05, 0) is 5.56 Å². The second kappa shape index (κ2) is 6.38. The van der Waals surface area contributed by atoms with E-state index < -0.39 is 11.3 Å². The minimum atomic E-state index is -0.744. The molecule has 22 heavy (non-hydrogen) atoms. The van der Waals surface area contributed by atoms with Crippen molar-refractivity contribution in [2.75, 3.05) is 7.05 Å². The van der Waals surface area contributed by atoms with Gasteiger partial charge in [-0.2, -0.15) is 5.10 Å². The van der Waals surface area contributed by atoms with E-state index in [-0.39, 0.29) is 11.7 Å². The monoisotopic (exact) mass is 301 g/mol. The van der Waals surface area contributed by atoms with Gasteiger partial charge in [0.25, 0.3) is 0 Å². The molecule has 1 heterocycles. The highest BCUT2D eigenvalue weighted by Crippen LogP contribution is 2.33. The van der Waals surface area contributed by atoms with Crippen LogP contribution in [0.3, 0.4) is 0 Å². The van der Waals surface area contributed by atoms with Gasteiger partial charge < -0.3 is 10.5 Å². The molecule has 0 spiro atoms. The first-order valence-electron chi connectivity index (χ1n) is 6.86. The summed E-state index contributed by atoms with van der Waals surface area (Å²) in [5, 5.41) is 19.3. The van der Waals surface area contributed by atoms with Gasteiger partial charge in [0, 0.05) is 12.5 Å². The van der Waals surface area contributed by atoms with E-state index in [2.05, 4.69) is 20.6 Å². The SMILES string of the molecule is CNC(=O)C(C(=NO)n1cncn1)C(C)(C)c1ccccc1. The first-order valence-corrected chi connectivity index (χ1v) is 6.86. The lowest BCUT2D eigenvalue weighted by atomic mass is 9.72. The number of nitrogens with zero attached hydrogens (tertiary/aromatic N) is 4. The van der Waals surface area contributed by atoms with Gasteiger partial charge in [-0.25, -0.2) is 9.67 Å². The van der Waals surface area contributed by atoms with E-state index in [1.165, 1.54) is 17.3 Å². The summed E-state index contributed by atoms with van der Waals surface area (Å²) in [6.45, 7) is 3.84. The smallest absolute Gasteiger partial charge is 0.231 e. The van der Waals surface area contributed by atoms with Crippen LogP contribution in [-0.2, 0) is 10.2 Å². The Kier molecular flexibility index (Phi) is 4.55.